The molecule has 1 unspecified atom stereocenters. The second-order valence-electron chi connectivity index (χ2n) is 3.96. The van der Waals surface area contributed by atoms with Crippen molar-refractivity contribution in [3.63, 3.8) is 0 Å². The summed E-state index contributed by atoms with van der Waals surface area (Å²) in [4.78, 5) is 0. The standard InChI is InChI=1S/C13H20FP/c1-3-4-5-6-11-15(2)13-9-7-12(14)8-10-13/h7-10H,3-6,11H2,1-2H3. The minimum Gasteiger partial charge on any atom is -0.207 e. The molecule has 0 aliphatic heterocycles. The molecule has 0 N–H and O–H groups in total. The Labute approximate surface area is 93.7 Å². The van der Waals surface area contributed by atoms with Gasteiger partial charge in [0.05, 0.1) is 0 Å². The Morgan fingerprint density at radius 2 is 1.73 bits per heavy atom. The third-order valence-corrected chi connectivity index (χ3v) is 4.78. The van der Waals surface area contributed by atoms with E-state index < -0.39 is 0 Å². The predicted molar refractivity (Wildman–Crippen MR) is 67.9 cm³/mol. The van der Waals surface area contributed by atoms with Gasteiger partial charge >= 0.3 is 0 Å². The van der Waals surface area contributed by atoms with E-state index in [-0.39, 0.29) is 13.7 Å². The summed E-state index contributed by atoms with van der Waals surface area (Å²) in [7, 11) is -0.0713. The molecule has 0 aliphatic carbocycles. The van der Waals surface area contributed by atoms with Gasteiger partial charge in [0, 0.05) is 0 Å². The van der Waals surface area contributed by atoms with Gasteiger partial charge < -0.3 is 0 Å². The molecule has 1 rings (SSSR count). The molecule has 1 aromatic carbocycles. The summed E-state index contributed by atoms with van der Waals surface area (Å²) in [6, 6.07) is 7.00. The maximum Gasteiger partial charge on any atom is 0.123 e. The van der Waals surface area contributed by atoms with Crippen molar-refractivity contribution in [3.8, 4) is 0 Å². The predicted octanol–water partition coefficient (Wildman–Crippen LogP) is 4.14. The van der Waals surface area contributed by atoms with Crippen LogP contribution in [-0.2, 0) is 0 Å². The Morgan fingerprint density at radius 3 is 2.33 bits per heavy atom. The summed E-state index contributed by atoms with van der Waals surface area (Å²) in [5, 5.41) is 1.32. The van der Waals surface area contributed by atoms with E-state index in [9.17, 15) is 4.39 Å². The van der Waals surface area contributed by atoms with Gasteiger partial charge in [-0.2, -0.15) is 0 Å². The first-order valence-electron chi connectivity index (χ1n) is 5.70. The molecule has 0 fully saturated rings. The highest BCUT2D eigenvalue weighted by atomic mass is 31.1. The van der Waals surface area contributed by atoms with E-state index in [4.69, 9.17) is 0 Å². The zero-order valence-electron chi connectivity index (χ0n) is 9.67. The first kappa shape index (κ1) is 12.6. The molecule has 0 radical (unpaired) electrons. The van der Waals surface area contributed by atoms with Crippen molar-refractivity contribution in [2.45, 2.75) is 32.6 Å². The van der Waals surface area contributed by atoms with Gasteiger partial charge in [-0.05, 0) is 36.7 Å². The molecule has 0 nitrogen and oxygen atoms in total. The van der Waals surface area contributed by atoms with E-state index in [2.05, 4.69) is 13.6 Å². The van der Waals surface area contributed by atoms with Crippen molar-refractivity contribution in [3.05, 3.63) is 30.1 Å². The quantitative estimate of drug-likeness (QED) is 0.505. The zero-order valence-corrected chi connectivity index (χ0v) is 10.6. The summed E-state index contributed by atoms with van der Waals surface area (Å²) < 4.78 is 12.7. The lowest BCUT2D eigenvalue weighted by Crippen LogP contribution is -2.02. The minimum absolute atomic E-state index is 0.0713. The second-order valence-corrected chi connectivity index (χ2v) is 6.32. The summed E-state index contributed by atoms with van der Waals surface area (Å²) >= 11 is 0. The van der Waals surface area contributed by atoms with Gasteiger partial charge in [-0.1, -0.05) is 46.2 Å². The Hall–Kier alpha value is -0.420. The second kappa shape index (κ2) is 6.95. The number of rotatable bonds is 6. The fraction of sp³-hybridized carbons (Fsp3) is 0.538. The summed E-state index contributed by atoms with van der Waals surface area (Å²) in [6.45, 7) is 4.52. The van der Waals surface area contributed by atoms with Crippen LogP contribution in [0.5, 0.6) is 0 Å². The lowest BCUT2D eigenvalue weighted by atomic mass is 10.2. The molecule has 1 atom stereocenters. The number of hydrogen-bond donors (Lipinski definition) is 0. The Balaban J connectivity index is 2.33. The molecule has 1 aromatic rings. The Morgan fingerprint density at radius 1 is 1.07 bits per heavy atom. The van der Waals surface area contributed by atoms with E-state index >= 15 is 0 Å². The van der Waals surface area contributed by atoms with Crippen LogP contribution < -0.4 is 5.30 Å². The maximum atomic E-state index is 12.7. The fourth-order valence-corrected chi connectivity index (χ4v) is 3.21. The molecular formula is C13H20FP. The van der Waals surface area contributed by atoms with Crippen molar-refractivity contribution < 1.29 is 4.39 Å². The average Bonchev–Trinajstić information content (AvgIpc) is 2.25. The molecule has 0 aromatic heterocycles. The third kappa shape index (κ3) is 4.75. The summed E-state index contributed by atoms with van der Waals surface area (Å²) in [5.41, 5.74) is 0. The van der Waals surface area contributed by atoms with Crippen LogP contribution in [-0.4, -0.2) is 12.8 Å². The van der Waals surface area contributed by atoms with Gasteiger partial charge in [-0.15, -0.1) is 0 Å². The number of benzene rings is 1. The van der Waals surface area contributed by atoms with Gasteiger partial charge in [-0.25, -0.2) is 4.39 Å². The highest BCUT2D eigenvalue weighted by Gasteiger charge is 2.04. The first-order valence-corrected chi connectivity index (χ1v) is 7.68. The van der Waals surface area contributed by atoms with E-state index in [1.165, 1.54) is 37.1 Å². The van der Waals surface area contributed by atoms with Gasteiger partial charge in [0.25, 0.3) is 0 Å². The Kier molecular flexibility index (Phi) is 5.86. The summed E-state index contributed by atoms with van der Waals surface area (Å²) in [6.07, 6.45) is 6.56. The monoisotopic (exact) mass is 226 g/mol. The number of unbranched alkanes of at least 4 members (excludes halogenated alkanes) is 3. The van der Waals surface area contributed by atoms with E-state index in [1.807, 2.05) is 12.1 Å². The SMILES string of the molecule is CCCCCCP(C)c1ccc(F)cc1. The molecule has 0 spiro atoms. The van der Waals surface area contributed by atoms with E-state index in [1.54, 1.807) is 12.1 Å². The highest BCUT2D eigenvalue weighted by molar-refractivity contribution is 7.64. The molecule has 0 saturated carbocycles. The Bertz CT molecular complexity index is 268. The van der Waals surface area contributed by atoms with Crippen LogP contribution in [0.4, 0.5) is 4.39 Å². The maximum absolute atomic E-state index is 12.7. The molecule has 0 heterocycles. The van der Waals surface area contributed by atoms with Crippen LogP contribution in [0.15, 0.2) is 24.3 Å². The van der Waals surface area contributed by atoms with Crippen molar-refractivity contribution in [1.29, 1.82) is 0 Å². The smallest absolute Gasteiger partial charge is 0.123 e. The molecular weight excluding hydrogens is 206 g/mol. The van der Waals surface area contributed by atoms with E-state index in [0.29, 0.717) is 0 Å². The fourth-order valence-electron chi connectivity index (χ4n) is 1.60. The molecule has 0 aliphatic rings. The number of halogens is 1. The van der Waals surface area contributed by atoms with Crippen molar-refractivity contribution >= 4 is 13.2 Å². The minimum atomic E-state index is -0.131. The number of hydrogen-bond acceptors (Lipinski definition) is 0. The topological polar surface area (TPSA) is 0 Å². The molecule has 0 saturated heterocycles. The van der Waals surface area contributed by atoms with E-state index in [0.717, 1.165) is 0 Å². The van der Waals surface area contributed by atoms with Crippen LogP contribution in [0.3, 0.4) is 0 Å². The average molecular weight is 226 g/mol. The highest BCUT2D eigenvalue weighted by Crippen LogP contribution is 2.30. The normalized spacial score (nSPS) is 12.7. The van der Waals surface area contributed by atoms with Crippen LogP contribution in [0.2, 0.25) is 0 Å². The third-order valence-electron chi connectivity index (χ3n) is 2.61. The summed E-state index contributed by atoms with van der Waals surface area (Å²) in [5.74, 6) is -0.131. The zero-order chi connectivity index (χ0) is 11.1. The molecule has 2 heteroatoms. The van der Waals surface area contributed by atoms with Gasteiger partial charge in [0.15, 0.2) is 0 Å². The van der Waals surface area contributed by atoms with Gasteiger partial charge in [0.2, 0.25) is 0 Å². The molecule has 0 bridgehead atoms. The lowest BCUT2D eigenvalue weighted by Gasteiger charge is -2.12. The molecule has 84 valence electrons. The van der Waals surface area contributed by atoms with Crippen molar-refractivity contribution in [2.75, 3.05) is 12.8 Å². The van der Waals surface area contributed by atoms with Gasteiger partial charge in [-0.3, -0.25) is 0 Å². The van der Waals surface area contributed by atoms with Crippen LogP contribution >= 0.6 is 7.92 Å². The molecule has 0 amide bonds. The van der Waals surface area contributed by atoms with Crippen molar-refractivity contribution in [1.82, 2.24) is 0 Å². The first-order chi connectivity index (χ1) is 7.24. The van der Waals surface area contributed by atoms with Crippen molar-refractivity contribution in [2.24, 2.45) is 0 Å². The molecule has 15 heavy (non-hydrogen) atoms. The van der Waals surface area contributed by atoms with Crippen LogP contribution in [0.25, 0.3) is 0 Å². The lowest BCUT2D eigenvalue weighted by molar-refractivity contribution is 0.628. The van der Waals surface area contributed by atoms with Gasteiger partial charge in [0.1, 0.15) is 5.82 Å². The van der Waals surface area contributed by atoms with Crippen LogP contribution in [0.1, 0.15) is 32.6 Å². The van der Waals surface area contributed by atoms with Crippen LogP contribution in [0, 0.1) is 5.82 Å². The largest absolute Gasteiger partial charge is 0.207 e.